The molecule has 134 valence electrons. The van der Waals surface area contributed by atoms with Crippen LogP contribution in [0.1, 0.15) is 34.6 Å². The van der Waals surface area contributed by atoms with E-state index in [1.807, 2.05) is 7.05 Å². The van der Waals surface area contributed by atoms with E-state index in [0.29, 0.717) is 6.54 Å². The monoisotopic (exact) mass is 357 g/mol. The lowest BCUT2D eigenvalue weighted by Gasteiger charge is -2.41. The molecule has 0 radical (unpaired) electrons. The average molecular weight is 358 g/mol. The van der Waals surface area contributed by atoms with Crippen molar-refractivity contribution in [2.75, 3.05) is 26.7 Å². The second-order valence-electron chi connectivity index (χ2n) is 6.33. The summed E-state index contributed by atoms with van der Waals surface area (Å²) in [6.45, 7) is 12.7. The zero-order valence-electron chi connectivity index (χ0n) is 14.6. The third-order valence-corrected chi connectivity index (χ3v) is 3.82. The number of carbonyl (C=O) groups is 1. The minimum absolute atomic E-state index is 0. The molecular weight excluding hydrogens is 325 g/mol. The number of likely N-dealkylation sites (N-methyl/N-ethyl adjacent to an activating group) is 1. The van der Waals surface area contributed by atoms with Crippen LogP contribution in [0.3, 0.4) is 0 Å². The van der Waals surface area contributed by atoms with Gasteiger partial charge in [0.05, 0.1) is 18.2 Å². The van der Waals surface area contributed by atoms with E-state index in [0.717, 1.165) is 13.1 Å². The summed E-state index contributed by atoms with van der Waals surface area (Å²) < 4.78 is 5.76. The molecule has 5 nitrogen and oxygen atoms in total. The molecule has 1 fully saturated rings. The van der Waals surface area contributed by atoms with Gasteiger partial charge in [-0.2, -0.15) is 0 Å². The number of morpholine rings is 1. The fourth-order valence-corrected chi connectivity index (χ4v) is 2.80. The van der Waals surface area contributed by atoms with Gasteiger partial charge in [-0.25, -0.2) is 0 Å². The Morgan fingerprint density at radius 3 is 2.09 bits per heavy atom. The van der Waals surface area contributed by atoms with E-state index in [1.54, 1.807) is 0 Å². The maximum Gasteiger partial charge on any atom is 0.237 e. The van der Waals surface area contributed by atoms with Crippen LogP contribution in [0.25, 0.3) is 0 Å². The van der Waals surface area contributed by atoms with Crippen LogP contribution in [0.2, 0.25) is 0 Å². The van der Waals surface area contributed by atoms with Crippen LogP contribution in [0.5, 0.6) is 0 Å². The van der Waals surface area contributed by atoms with Gasteiger partial charge >= 0.3 is 0 Å². The number of hydrogen-bond donors (Lipinski definition) is 2. The van der Waals surface area contributed by atoms with Gasteiger partial charge < -0.3 is 15.4 Å². The van der Waals surface area contributed by atoms with Gasteiger partial charge in [-0.1, -0.05) is 13.8 Å². The van der Waals surface area contributed by atoms with E-state index in [9.17, 15) is 4.79 Å². The van der Waals surface area contributed by atoms with Crippen molar-refractivity contribution in [1.29, 1.82) is 0 Å². The quantitative estimate of drug-likeness (QED) is 0.759. The predicted octanol–water partition coefficient (Wildman–Crippen LogP) is 1.69. The Morgan fingerprint density at radius 1 is 1.18 bits per heavy atom. The maximum absolute atomic E-state index is 12.5. The molecule has 1 aliphatic heterocycles. The number of nitrogens with zero attached hydrogens (tertiary/aromatic N) is 1. The maximum atomic E-state index is 12.5. The minimum atomic E-state index is -0.0761. The normalized spacial score (nSPS) is 24.9. The molecule has 0 aliphatic carbocycles. The number of rotatable bonds is 6. The summed E-state index contributed by atoms with van der Waals surface area (Å²) >= 11 is 0. The van der Waals surface area contributed by atoms with Crippen LogP contribution in [0, 0.1) is 5.92 Å². The number of amides is 1. The number of ether oxygens (including phenoxy) is 1. The number of hydrogen-bond acceptors (Lipinski definition) is 4. The van der Waals surface area contributed by atoms with Crippen molar-refractivity contribution in [2.45, 2.75) is 58.9 Å². The van der Waals surface area contributed by atoms with Gasteiger partial charge in [-0.3, -0.25) is 9.69 Å². The molecular formula is C15H33Cl2N3O2. The molecule has 2 N–H and O–H groups in total. The highest BCUT2D eigenvalue weighted by molar-refractivity contribution is 5.85. The van der Waals surface area contributed by atoms with Crippen LogP contribution < -0.4 is 10.6 Å². The van der Waals surface area contributed by atoms with Gasteiger partial charge in [0.1, 0.15) is 0 Å². The Labute approximate surface area is 147 Å². The minimum Gasteiger partial charge on any atom is -0.373 e. The molecule has 1 rings (SSSR count). The first-order chi connectivity index (χ1) is 9.35. The van der Waals surface area contributed by atoms with E-state index in [2.05, 4.69) is 50.2 Å². The molecule has 0 spiro atoms. The largest absolute Gasteiger partial charge is 0.373 e. The molecule has 0 aromatic rings. The van der Waals surface area contributed by atoms with Gasteiger partial charge in [-0.15, -0.1) is 24.8 Å². The molecule has 0 bridgehead atoms. The number of halogens is 2. The SMILES string of the molecule is CNC(C)CNC(=O)C(C(C)C)N1CC(C)OC(C)C1.Cl.Cl. The first kappa shape index (κ1) is 24.2. The molecule has 1 amide bonds. The lowest BCUT2D eigenvalue weighted by molar-refractivity contribution is -0.135. The van der Waals surface area contributed by atoms with E-state index >= 15 is 0 Å². The molecule has 4 atom stereocenters. The first-order valence-electron chi connectivity index (χ1n) is 7.69. The van der Waals surface area contributed by atoms with Crippen molar-refractivity contribution in [1.82, 2.24) is 15.5 Å². The Hall–Kier alpha value is -0.0700. The summed E-state index contributed by atoms with van der Waals surface area (Å²) in [5.41, 5.74) is 0. The summed E-state index contributed by atoms with van der Waals surface area (Å²) in [4.78, 5) is 14.8. The van der Waals surface area contributed by atoms with E-state index in [1.165, 1.54) is 0 Å². The van der Waals surface area contributed by atoms with E-state index in [-0.39, 0.29) is 60.9 Å². The van der Waals surface area contributed by atoms with Gasteiger partial charge in [0.2, 0.25) is 5.91 Å². The second kappa shape index (κ2) is 11.5. The predicted molar refractivity (Wildman–Crippen MR) is 96.2 cm³/mol. The van der Waals surface area contributed by atoms with Gasteiger partial charge in [-0.05, 0) is 33.7 Å². The Balaban J connectivity index is 0. The lowest BCUT2D eigenvalue weighted by atomic mass is 9.99. The molecule has 1 saturated heterocycles. The molecule has 22 heavy (non-hydrogen) atoms. The molecule has 7 heteroatoms. The summed E-state index contributed by atoms with van der Waals surface area (Å²) in [6.07, 6.45) is 0.369. The summed E-state index contributed by atoms with van der Waals surface area (Å²) in [7, 11) is 1.90. The van der Waals surface area contributed by atoms with Crippen LogP contribution in [0.4, 0.5) is 0 Å². The smallest absolute Gasteiger partial charge is 0.237 e. The van der Waals surface area contributed by atoms with Crippen LogP contribution in [0.15, 0.2) is 0 Å². The Morgan fingerprint density at radius 2 is 1.68 bits per heavy atom. The van der Waals surface area contributed by atoms with E-state index in [4.69, 9.17) is 4.74 Å². The topological polar surface area (TPSA) is 53.6 Å². The average Bonchev–Trinajstić information content (AvgIpc) is 2.34. The van der Waals surface area contributed by atoms with Crippen molar-refractivity contribution < 1.29 is 9.53 Å². The number of nitrogens with one attached hydrogen (secondary N) is 2. The van der Waals surface area contributed by atoms with Crippen molar-refractivity contribution in [3.63, 3.8) is 0 Å². The highest BCUT2D eigenvalue weighted by atomic mass is 35.5. The fraction of sp³-hybridized carbons (Fsp3) is 0.933. The van der Waals surface area contributed by atoms with Crippen molar-refractivity contribution in [3.8, 4) is 0 Å². The zero-order chi connectivity index (χ0) is 15.3. The molecule has 1 aliphatic rings. The van der Waals surface area contributed by atoms with Crippen LogP contribution >= 0.6 is 24.8 Å². The molecule has 1 heterocycles. The third kappa shape index (κ3) is 7.47. The second-order valence-corrected chi connectivity index (χ2v) is 6.33. The lowest BCUT2D eigenvalue weighted by Crippen LogP contribution is -2.57. The fourth-order valence-electron chi connectivity index (χ4n) is 2.80. The van der Waals surface area contributed by atoms with Gasteiger partial charge in [0.15, 0.2) is 0 Å². The molecule has 0 aromatic carbocycles. The van der Waals surface area contributed by atoms with Gasteiger partial charge in [0, 0.05) is 25.7 Å². The first-order valence-corrected chi connectivity index (χ1v) is 7.69. The summed E-state index contributed by atoms with van der Waals surface area (Å²) in [6, 6.07) is 0.210. The Bertz CT molecular complexity index is 309. The van der Waals surface area contributed by atoms with Crippen molar-refractivity contribution >= 4 is 30.7 Å². The highest BCUT2D eigenvalue weighted by Crippen LogP contribution is 2.18. The van der Waals surface area contributed by atoms with Crippen molar-refractivity contribution in [2.24, 2.45) is 5.92 Å². The van der Waals surface area contributed by atoms with E-state index < -0.39 is 0 Å². The Kier molecular flexibility index (Phi) is 12.6. The van der Waals surface area contributed by atoms with Gasteiger partial charge in [0.25, 0.3) is 0 Å². The highest BCUT2D eigenvalue weighted by Gasteiger charge is 2.33. The van der Waals surface area contributed by atoms with Crippen molar-refractivity contribution in [3.05, 3.63) is 0 Å². The summed E-state index contributed by atoms with van der Waals surface area (Å²) in [5.74, 6) is 0.417. The molecule has 4 unspecified atom stereocenters. The third-order valence-electron chi connectivity index (χ3n) is 3.82. The van der Waals surface area contributed by atoms with Crippen LogP contribution in [-0.2, 0) is 9.53 Å². The molecule has 0 aromatic heterocycles. The zero-order valence-corrected chi connectivity index (χ0v) is 16.2. The number of carbonyl (C=O) groups excluding carboxylic acids is 1. The standard InChI is InChI=1S/C15H31N3O2.2ClH/c1-10(2)14(15(19)17-7-11(3)16-6)18-8-12(4)20-13(5)9-18;;/h10-14,16H,7-9H2,1-6H3,(H,17,19);2*1H. The van der Waals surface area contributed by atoms with Crippen LogP contribution in [-0.4, -0.2) is 61.8 Å². The summed E-state index contributed by atoms with van der Waals surface area (Å²) in [5, 5.41) is 6.19. The molecule has 0 saturated carbocycles.